The summed E-state index contributed by atoms with van der Waals surface area (Å²) >= 11 is 3.54. The molecule has 3 nitrogen and oxygen atoms in total. The lowest BCUT2D eigenvalue weighted by Crippen LogP contribution is -2.40. The highest BCUT2D eigenvalue weighted by Gasteiger charge is 2.33. The van der Waals surface area contributed by atoms with Crippen LogP contribution in [0.25, 0.3) is 10.9 Å². The molecular weight excluding hydrogens is 360 g/mol. The average Bonchev–Trinajstić information content (AvgIpc) is 3.41. The molecule has 0 fully saturated rings. The van der Waals surface area contributed by atoms with Crippen molar-refractivity contribution in [2.75, 3.05) is 6.54 Å². The Morgan fingerprint density at radius 1 is 1.12 bits per heavy atom. The molecule has 130 valence electrons. The van der Waals surface area contributed by atoms with Gasteiger partial charge in [0, 0.05) is 33.4 Å². The summed E-state index contributed by atoms with van der Waals surface area (Å²) in [4.78, 5) is 21.3. The van der Waals surface area contributed by atoms with Gasteiger partial charge in [0.15, 0.2) is 0 Å². The Bertz CT molecular complexity index is 1060. The number of thiophene rings is 2. The molecule has 4 heterocycles. The number of aromatic amines is 1. The maximum Gasteiger partial charge on any atom is 0.227 e. The summed E-state index contributed by atoms with van der Waals surface area (Å²) in [5.74, 6) is 0.199. The van der Waals surface area contributed by atoms with Gasteiger partial charge in [-0.2, -0.15) is 0 Å². The predicted octanol–water partition coefficient (Wildman–Crippen LogP) is 5.01. The smallest absolute Gasteiger partial charge is 0.227 e. The average molecular weight is 379 g/mol. The molecule has 1 unspecified atom stereocenters. The van der Waals surface area contributed by atoms with Crippen LogP contribution in [0, 0.1) is 0 Å². The molecule has 1 aliphatic rings. The van der Waals surface area contributed by atoms with E-state index in [9.17, 15) is 4.79 Å². The van der Waals surface area contributed by atoms with E-state index in [1.165, 1.54) is 15.3 Å². The number of H-pyrrole nitrogens is 1. The maximum atomic E-state index is 13.3. The molecule has 0 saturated carbocycles. The number of nitrogens with zero attached hydrogens (tertiary/aromatic N) is 1. The summed E-state index contributed by atoms with van der Waals surface area (Å²) in [6.07, 6.45) is 3.36. The minimum absolute atomic E-state index is 0.0581. The first-order chi connectivity index (χ1) is 12.8. The fraction of sp³-hybridized carbons (Fsp3) is 0.190. The molecule has 0 saturated heterocycles. The largest absolute Gasteiger partial charge is 0.361 e. The van der Waals surface area contributed by atoms with Crippen molar-refractivity contribution >= 4 is 39.5 Å². The number of hydrogen-bond acceptors (Lipinski definition) is 3. The Balaban J connectivity index is 1.49. The van der Waals surface area contributed by atoms with Crippen LogP contribution >= 0.6 is 22.7 Å². The van der Waals surface area contributed by atoms with Gasteiger partial charge in [0.1, 0.15) is 0 Å². The minimum Gasteiger partial charge on any atom is -0.361 e. The zero-order valence-electron chi connectivity index (χ0n) is 14.1. The van der Waals surface area contributed by atoms with E-state index in [1.54, 1.807) is 11.3 Å². The molecule has 1 amide bonds. The van der Waals surface area contributed by atoms with E-state index in [2.05, 4.69) is 51.0 Å². The number of hydrogen-bond donors (Lipinski definition) is 1. The molecular formula is C21H18N2OS2. The molecule has 26 heavy (non-hydrogen) atoms. The highest BCUT2D eigenvalue weighted by molar-refractivity contribution is 7.10. The number of nitrogens with one attached hydrogen (secondary N) is 1. The van der Waals surface area contributed by atoms with Crippen molar-refractivity contribution in [3.05, 3.63) is 80.3 Å². The molecule has 1 atom stereocenters. The molecule has 1 N–H and O–H groups in total. The number of carbonyl (C=O) groups excluding carboxylic acids is 1. The highest BCUT2D eigenvalue weighted by Crippen LogP contribution is 2.39. The number of rotatable bonds is 3. The lowest BCUT2D eigenvalue weighted by atomic mass is 9.97. The number of fused-ring (bicyclic) bond motifs is 2. The van der Waals surface area contributed by atoms with Gasteiger partial charge in [-0.05, 0) is 46.5 Å². The van der Waals surface area contributed by atoms with Gasteiger partial charge in [-0.1, -0.05) is 24.3 Å². The van der Waals surface area contributed by atoms with Crippen LogP contribution in [-0.4, -0.2) is 22.3 Å². The highest BCUT2D eigenvalue weighted by atomic mass is 32.1. The standard InChI is InChI=1S/C21H18N2OS2/c24-20(12-14-13-22-17-5-2-1-4-15(14)17)23-9-7-18-16(8-11-26-18)21(23)19-6-3-10-25-19/h1-6,8,10-11,13,21-22H,7,9,12H2. The molecule has 5 rings (SSSR count). The molecule has 4 aromatic rings. The van der Waals surface area contributed by atoms with E-state index in [0.717, 1.165) is 29.4 Å². The Kier molecular flexibility index (Phi) is 3.91. The van der Waals surface area contributed by atoms with Gasteiger partial charge < -0.3 is 9.88 Å². The van der Waals surface area contributed by atoms with Crippen LogP contribution in [0.2, 0.25) is 0 Å². The SMILES string of the molecule is O=C(Cc1c[nH]c2ccccc12)N1CCc2sccc2C1c1cccs1. The van der Waals surface area contributed by atoms with Gasteiger partial charge in [0.25, 0.3) is 0 Å². The lowest BCUT2D eigenvalue weighted by Gasteiger charge is -2.35. The van der Waals surface area contributed by atoms with Crippen molar-refractivity contribution in [1.29, 1.82) is 0 Å². The zero-order chi connectivity index (χ0) is 17.5. The maximum absolute atomic E-state index is 13.3. The van der Waals surface area contributed by atoms with Crippen molar-refractivity contribution in [3.8, 4) is 0 Å². The first-order valence-electron chi connectivity index (χ1n) is 8.75. The Labute approximate surface area is 159 Å². The van der Waals surface area contributed by atoms with Crippen LogP contribution in [0.3, 0.4) is 0 Å². The summed E-state index contributed by atoms with van der Waals surface area (Å²) < 4.78 is 0. The number of carbonyl (C=O) groups is 1. The van der Waals surface area contributed by atoms with Gasteiger partial charge in [-0.15, -0.1) is 22.7 Å². The Morgan fingerprint density at radius 2 is 2.04 bits per heavy atom. The number of amides is 1. The van der Waals surface area contributed by atoms with Crippen molar-refractivity contribution in [2.24, 2.45) is 0 Å². The van der Waals surface area contributed by atoms with E-state index < -0.39 is 0 Å². The van der Waals surface area contributed by atoms with Crippen molar-refractivity contribution in [2.45, 2.75) is 18.9 Å². The molecule has 3 aromatic heterocycles. The molecule has 0 bridgehead atoms. The van der Waals surface area contributed by atoms with Crippen LogP contribution in [-0.2, 0) is 17.6 Å². The van der Waals surface area contributed by atoms with E-state index in [-0.39, 0.29) is 11.9 Å². The molecule has 5 heteroatoms. The van der Waals surface area contributed by atoms with Gasteiger partial charge in [0.2, 0.25) is 5.91 Å². The second kappa shape index (κ2) is 6.41. The summed E-state index contributed by atoms with van der Waals surface area (Å²) in [7, 11) is 0. The van der Waals surface area contributed by atoms with Gasteiger partial charge in [-0.3, -0.25) is 4.79 Å². The van der Waals surface area contributed by atoms with Crippen LogP contribution in [0.5, 0.6) is 0 Å². The van der Waals surface area contributed by atoms with Crippen LogP contribution in [0.1, 0.15) is 26.9 Å². The molecule has 0 radical (unpaired) electrons. The quantitative estimate of drug-likeness (QED) is 0.535. The van der Waals surface area contributed by atoms with Gasteiger partial charge in [0.05, 0.1) is 12.5 Å². The molecule has 1 aliphatic heterocycles. The summed E-state index contributed by atoms with van der Waals surface area (Å²) in [5, 5.41) is 5.39. The van der Waals surface area contributed by atoms with E-state index in [1.807, 2.05) is 29.7 Å². The number of benzene rings is 1. The Hall–Kier alpha value is -2.37. The van der Waals surface area contributed by atoms with Crippen molar-refractivity contribution < 1.29 is 4.79 Å². The van der Waals surface area contributed by atoms with Crippen molar-refractivity contribution in [1.82, 2.24) is 9.88 Å². The second-order valence-electron chi connectivity index (χ2n) is 6.59. The first kappa shape index (κ1) is 15.9. The third-order valence-corrected chi connectivity index (χ3v) is 7.04. The molecule has 0 spiro atoms. The van der Waals surface area contributed by atoms with Crippen LogP contribution in [0.4, 0.5) is 0 Å². The third-order valence-electron chi connectivity index (χ3n) is 5.12. The topological polar surface area (TPSA) is 36.1 Å². The third kappa shape index (κ3) is 2.59. The van der Waals surface area contributed by atoms with E-state index in [0.29, 0.717) is 6.42 Å². The van der Waals surface area contributed by atoms with Crippen LogP contribution in [0.15, 0.2) is 59.4 Å². The first-order valence-corrected chi connectivity index (χ1v) is 10.5. The monoisotopic (exact) mass is 378 g/mol. The minimum atomic E-state index is 0.0581. The normalized spacial score (nSPS) is 16.8. The summed E-state index contributed by atoms with van der Waals surface area (Å²) in [6, 6.07) is 14.6. The summed E-state index contributed by atoms with van der Waals surface area (Å²) in [5.41, 5.74) is 3.46. The fourth-order valence-corrected chi connectivity index (χ4v) is 5.64. The predicted molar refractivity (Wildman–Crippen MR) is 108 cm³/mol. The number of aromatic nitrogens is 1. The van der Waals surface area contributed by atoms with E-state index >= 15 is 0 Å². The van der Waals surface area contributed by atoms with E-state index in [4.69, 9.17) is 0 Å². The van der Waals surface area contributed by atoms with Gasteiger partial charge >= 0.3 is 0 Å². The second-order valence-corrected chi connectivity index (χ2v) is 8.57. The number of para-hydroxylation sites is 1. The fourth-order valence-electron chi connectivity index (χ4n) is 3.88. The zero-order valence-corrected chi connectivity index (χ0v) is 15.8. The lowest BCUT2D eigenvalue weighted by molar-refractivity contribution is -0.132. The van der Waals surface area contributed by atoms with Crippen LogP contribution < -0.4 is 0 Å². The summed E-state index contributed by atoms with van der Waals surface area (Å²) in [6.45, 7) is 0.789. The molecule has 1 aromatic carbocycles. The molecule has 0 aliphatic carbocycles. The van der Waals surface area contributed by atoms with Crippen molar-refractivity contribution in [3.63, 3.8) is 0 Å². The van der Waals surface area contributed by atoms with Gasteiger partial charge in [-0.25, -0.2) is 0 Å². The Morgan fingerprint density at radius 3 is 2.92 bits per heavy atom.